The molecule has 0 aliphatic heterocycles. The van der Waals surface area contributed by atoms with Crippen LogP contribution in [0, 0.1) is 30.4 Å². The van der Waals surface area contributed by atoms with Crippen molar-refractivity contribution in [2.75, 3.05) is 0 Å². The smallest absolute Gasteiger partial charge is 0.296 e. The first-order chi connectivity index (χ1) is 14.4. The zero-order valence-corrected chi connectivity index (χ0v) is 16.1. The van der Waals surface area contributed by atoms with Crippen molar-refractivity contribution in [3.8, 4) is 17.5 Å². The first kappa shape index (κ1) is 19.3. The molecule has 0 saturated carbocycles. The van der Waals surface area contributed by atoms with Gasteiger partial charge in [0.1, 0.15) is 5.69 Å². The Morgan fingerprint density at radius 1 is 0.967 bits per heavy atom. The van der Waals surface area contributed by atoms with E-state index in [4.69, 9.17) is 0 Å². The van der Waals surface area contributed by atoms with Gasteiger partial charge in [0, 0.05) is 30.6 Å². The summed E-state index contributed by atoms with van der Waals surface area (Å²) in [6, 6.07) is 10.3. The molecule has 2 aromatic heterocycles. The summed E-state index contributed by atoms with van der Waals surface area (Å²) in [5.74, 6) is 3.30. The van der Waals surface area contributed by atoms with E-state index in [1.807, 2.05) is 0 Å². The number of fused-ring (bicyclic) bond motifs is 1. The van der Waals surface area contributed by atoms with Gasteiger partial charge < -0.3 is 0 Å². The van der Waals surface area contributed by atoms with Crippen LogP contribution < -0.4 is 11.2 Å². The van der Waals surface area contributed by atoms with Crippen LogP contribution in [0.4, 0.5) is 8.78 Å². The van der Waals surface area contributed by atoms with E-state index < -0.39 is 28.6 Å². The molecule has 0 atom stereocenters. The average molecular weight is 403 g/mol. The maximum absolute atomic E-state index is 14.9. The molecule has 30 heavy (non-hydrogen) atoms. The van der Waals surface area contributed by atoms with E-state index in [1.54, 1.807) is 37.4 Å². The summed E-state index contributed by atoms with van der Waals surface area (Å²) in [5, 5.41) is 0.191. The fourth-order valence-electron chi connectivity index (χ4n) is 3.36. The molecule has 2 heterocycles. The normalized spacial score (nSPS) is 10.7. The Hall–Kier alpha value is -4.05. The molecular weight excluding hydrogens is 388 g/mol. The third-order valence-electron chi connectivity index (χ3n) is 4.74. The van der Waals surface area contributed by atoms with Crippen molar-refractivity contribution in [1.29, 1.82) is 0 Å². The number of nitrogens with zero attached hydrogens (tertiary/aromatic N) is 3. The van der Waals surface area contributed by atoms with Crippen molar-refractivity contribution < 1.29 is 8.78 Å². The maximum atomic E-state index is 14.9. The molecule has 0 aliphatic carbocycles. The van der Waals surface area contributed by atoms with E-state index in [9.17, 15) is 18.4 Å². The highest BCUT2D eigenvalue weighted by Gasteiger charge is 2.20. The van der Waals surface area contributed by atoms with Gasteiger partial charge in [-0.25, -0.2) is 18.1 Å². The molecule has 0 spiro atoms. The number of aryl methyl sites for hydroxylation is 2. The van der Waals surface area contributed by atoms with Crippen LogP contribution in [0.25, 0.3) is 16.6 Å². The molecule has 7 heteroatoms. The SMILES string of the molecule is Cc1cccc2c(=O)n(-c3c(F)cc(C#Cc4cccnc4)cc3F)c(=O)n(C)c12. The minimum absolute atomic E-state index is 0.0686. The first-order valence-corrected chi connectivity index (χ1v) is 9.01. The highest BCUT2D eigenvalue weighted by molar-refractivity contribution is 5.81. The quantitative estimate of drug-likeness (QED) is 0.459. The standard InChI is InChI=1S/C23H15F2N3O2/c1-14-5-3-7-17-20(14)27(2)23(30)28(22(17)29)21-18(24)11-16(12-19(21)25)9-8-15-6-4-10-26-13-15/h3-7,10-13H,1-2H3. The lowest BCUT2D eigenvalue weighted by Gasteiger charge is -2.13. The molecule has 5 nitrogen and oxygen atoms in total. The number of halogens is 2. The molecule has 0 amide bonds. The molecule has 0 saturated heterocycles. The van der Waals surface area contributed by atoms with Crippen LogP contribution >= 0.6 is 0 Å². The summed E-state index contributed by atoms with van der Waals surface area (Å²) in [7, 11) is 1.46. The van der Waals surface area contributed by atoms with E-state index in [1.165, 1.54) is 23.9 Å². The monoisotopic (exact) mass is 403 g/mol. The van der Waals surface area contributed by atoms with Gasteiger partial charge in [0.15, 0.2) is 11.6 Å². The lowest BCUT2D eigenvalue weighted by molar-refractivity contribution is 0.559. The summed E-state index contributed by atoms with van der Waals surface area (Å²) < 4.78 is 31.5. The Bertz CT molecular complexity index is 1450. The van der Waals surface area contributed by atoms with Gasteiger partial charge in [-0.2, -0.15) is 0 Å². The van der Waals surface area contributed by atoms with Crippen LogP contribution in [0.2, 0.25) is 0 Å². The predicted molar refractivity (Wildman–Crippen MR) is 110 cm³/mol. The fourth-order valence-corrected chi connectivity index (χ4v) is 3.36. The third kappa shape index (κ3) is 3.18. The lowest BCUT2D eigenvalue weighted by Crippen LogP contribution is -2.39. The minimum atomic E-state index is -1.06. The van der Waals surface area contributed by atoms with Crippen molar-refractivity contribution in [1.82, 2.24) is 14.1 Å². The Morgan fingerprint density at radius 2 is 1.67 bits per heavy atom. The van der Waals surface area contributed by atoms with Gasteiger partial charge in [0.2, 0.25) is 0 Å². The fraction of sp³-hybridized carbons (Fsp3) is 0.0870. The molecule has 0 fully saturated rings. The topological polar surface area (TPSA) is 56.9 Å². The van der Waals surface area contributed by atoms with Gasteiger partial charge in [-0.05, 0) is 42.8 Å². The molecule has 2 aromatic carbocycles. The van der Waals surface area contributed by atoms with E-state index >= 15 is 0 Å². The Labute approximate surface area is 169 Å². The average Bonchev–Trinajstić information content (AvgIpc) is 2.73. The zero-order chi connectivity index (χ0) is 21.4. The molecule has 0 bridgehead atoms. The summed E-state index contributed by atoms with van der Waals surface area (Å²) >= 11 is 0. The molecule has 0 unspecified atom stereocenters. The minimum Gasteiger partial charge on any atom is -0.296 e. The van der Waals surface area contributed by atoms with Gasteiger partial charge in [-0.1, -0.05) is 24.0 Å². The molecule has 0 radical (unpaired) electrons. The Morgan fingerprint density at radius 3 is 2.33 bits per heavy atom. The van der Waals surface area contributed by atoms with E-state index in [2.05, 4.69) is 16.8 Å². The van der Waals surface area contributed by atoms with Crippen molar-refractivity contribution in [3.05, 3.63) is 104 Å². The van der Waals surface area contributed by atoms with Crippen molar-refractivity contribution >= 4 is 10.9 Å². The van der Waals surface area contributed by atoms with Crippen LogP contribution in [0.5, 0.6) is 0 Å². The van der Waals surface area contributed by atoms with Crippen LogP contribution in [0.1, 0.15) is 16.7 Å². The summed E-state index contributed by atoms with van der Waals surface area (Å²) in [4.78, 5) is 29.7. The summed E-state index contributed by atoms with van der Waals surface area (Å²) in [5.41, 5.74) is -0.577. The highest BCUT2D eigenvalue weighted by atomic mass is 19.1. The van der Waals surface area contributed by atoms with Crippen molar-refractivity contribution in [2.24, 2.45) is 7.05 Å². The zero-order valence-electron chi connectivity index (χ0n) is 16.1. The van der Waals surface area contributed by atoms with Gasteiger partial charge in [-0.3, -0.25) is 14.3 Å². The molecule has 4 aromatic rings. The van der Waals surface area contributed by atoms with E-state index in [-0.39, 0.29) is 10.9 Å². The number of hydrogen-bond acceptors (Lipinski definition) is 3. The number of para-hydroxylation sites is 1. The second-order valence-corrected chi connectivity index (χ2v) is 6.73. The van der Waals surface area contributed by atoms with Gasteiger partial charge in [-0.15, -0.1) is 0 Å². The number of hydrogen-bond donors (Lipinski definition) is 0. The second kappa shape index (κ2) is 7.41. The van der Waals surface area contributed by atoms with Crippen molar-refractivity contribution in [3.63, 3.8) is 0 Å². The molecule has 0 N–H and O–H groups in total. The van der Waals surface area contributed by atoms with Crippen LogP contribution in [0.15, 0.2) is 64.4 Å². The largest absolute Gasteiger partial charge is 0.336 e. The van der Waals surface area contributed by atoms with E-state index in [0.29, 0.717) is 21.2 Å². The number of benzene rings is 2. The van der Waals surface area contributed by atoms with Gasteiger partial charge in [0.25, 0.3) is 5.56 Å². The summed E-state index contributed by atoms with van der Waals surface area (Å²) in [6.07, 6.45) is 3.11. The second-order valence-electron chi connectivity index (χ2n) is 6.73. The van der Waals surface area contributed by atoms with Crippen LogP contribution in [0.3, 0.4) is 0 Å². The Kier molecular flexibility index (Phi) is 4.76. The first-order valence-electron chi connectivity index (χ1n) is 9.01. The maximum Gasteiger partial charge on any atom is 0.336 e. The van der Waals surface area contributed by atoms with Crippen LogP contribution in [-0.2, 0) is 7.05 Å². The predicted octanol–water partition coefficient (Wildman–Crippen LogP) is 3.07. The highest BCUT2D eigenvalue weighted by Crippen LogP contribution is 2.19. The van der Waals surface area contributed by atoms with Gasteiger partial charge >= 0.3 is 5.69 Å². The van der Waals surface area contributed by atoms with Crippen LogP contribution in [-0.4, -0.2) is 14.1 Å². The van der Waals surface area contributed by atoms with E-state index in [0.717, 1.165) is 12.1 Å². The lowest BCUT2D eigenvalue weighted by atomic mass is 10.1. The number of pyridine rings is 1. The molecule has 0 aliphatic rings. The summed E-state index contributed by atoms with van der Waals surface area (Å²) in [6.45, 7) is 1.75. The number of aromatic nitrogens is 3. The van der Waals surface area contributed by atoms with Crippen molar-refractivity contribution in [2.45, 2.75) is 6.92 Å². The molecule has 148 valence electrons. The van der Waals surface area contributed by atoms with Gasteiger partial charge in [0.05, 0.1) is 10.9 Å². The Balaban J connectivity index is 1.93. The third-order valence-corrected chi connectivity index (χ3v) is 4.74. The number of rotatable bonds is 1. The molecule has 4 rings (SSSR count). The molecular formula is C23H15F2N3O2.